The van der Waals surface area contributed by atoms with Gasteiger partial charge in [0, 0.05) is 19.6 Å². The number of benzene rings is 1. The summed E-state index contributed by atoms with van der Waals surface area (Å²) in [6.45, 7) is 2.86. The number of rotatable bonds is 6. The number of hydrogen-bond acceptors (Lipinski definition) is 2. The van der Waals surface area contributed by atoms with Gasteiger partial charge < -0.3 is 11.1 Å². The summed E-state index contributed by atoms with van der Waals surface area (Å²) in [5.41, 5.74) is 8.88. The third-order valence-electron chi connectivity index (χ3n) is 4.40. The summed E-state index contributed by atoms with van der Waals surface area (Å²) in [6, 6.07) is 8.63. The van der Waals surface area contributed by atoms with Crippen molar-refractivity contribution in [3.05, 3.63) is 35.4 Å². The third kappa shape index (κ3) is 2.53. The van der Waals surface area contributed by atoms with Crippen LogP contribution in [0.25, 0.3) is 0 Å². The molecule has 17 heavy (non-hydrogen) atoms. The van der Waals surface area contributed by atoms with Gasteiger partial charge in [-0.05, 0) is 48.1 Å². The van der Waals surface area contributed by atoms with Crippen LogP contribution in [0.2, 0.25) is 0 Å². The van der Waals surface area contributed by atoms with Gasteiger partial charge in [0.05, 0.1) is 0 Å². The van der Waals surface area contributed by atoms with Crippen LogP contribution in [0, 0.1) is 11.3 Å². The highest BCUT2D eigenvalue weighted by atomic mass is 14.9. The van der Waals surface area contributed by atoms with Crippen molar-refractivity contribution in [3.8, 4) is 0 Å². The van der Waals surface area contributed by atoms with Gasteiger partial charge in [-0.3, -0.25) is 0 Å². The maximum Gasteiger partial charge on any atom is 0.0205 e. The van der Waals surface area contributed by atoms with Crippen molar-refractivity contribution in [1.82, 2.24) is 5.32 Å². The van der Waals surface area contributed by atoms with E-state index in [1.807, 2.05) is 0 Å². The molecule has 2 fully saturated rings. The van der Waals surface area contributed by atoms with E-state index >= 15 is 0 Å². The van der Waals surface area contributed by atoms with Gasteiger partial charge in [-0.2, -0.15) is 0 Å². The fourth-order valence-corrected chi connectivity index (χ4v) is 2.83. The van der Waals surface area contributed by atoms with E-state index in [-0.39, 0.29) is 0 Å². The average molecular weight is 230 g/mol. The van der Waals surface area contributed by atoms with Gasteiger partial charge in [-0.1, -0.05) is 24.3 Å². The molecular formula is C15H22N2. The van der Waals surface area contributed by atoms with Crippen molar-refractivity contribution in [1.29, 1.82) is 0 Å². The highest BCUT2D eigenvalue weighted by molar-refractivity contribution is 5.22. The lowest BCUT2D eigenvalue weighted by Crippen LogP contribution is -2.25. The molecule has 92 valence electrons. The highest BCUT2D eigenvalue weighted by Gasteiger charge is 2.53. The van der Waals surface area contributed by atoms with Gasteiger partial charge >= 0.3 is 0 Å². The Kier molecular flexibility index (Phi) is 2.93. The molecule has 0 saturated heterocycles. The van der Waals surface area contributed by atoms with Gasteiger partial charge in [0.15, 0.2) is 0 Å². The van der Waals surface area contributed by atoms with Gasteiger partial charge in [0.1, 0.15) is 0 Å². The summed E-state index contributed by atoms with van der Waals surface area (Å²) in [5.74, 6) is 1.05. The Morgan fingerprint density at radius 2 is 1.76 bits per heavy atom. The summed E-state index contributed by atoms with van der Waals surface area (Å²) in [7, 11) is 0. The third-order valence-corrected chi connectivity index (χ3v) is 4.40. The molecule has 3 rings (SSSR count). The summed E-state index contributed by atoms with van der Waals surface area (Å²) < 4.78 is 0. The van der Waals surface area contributed by atoms with Gasteiger partial charge in [0.2, 0.25) is 0 Å². The molecule has 2 aliphatic carbocycles. The van der Waals surface area contributed by atoms with Crippen LogP contribution >= 0.6 is 0 Å². The molecule has 2 saturated carbocycles. The van der Waals surface area contributed by atoms with E-state index in [2.05, 4.69) is 29.6 Å². The molecule has 2 heteroatoms. The maximum absolute atomic E-state index is 5.59. The lowest BCUT2D eigenvalue weighted by Gasteiger charge is -2.15. The molecule has 1 aromatic carbocycles. The van der Waals surface area contributed by atoms with E-state index in [0.29, 0.717) is 12.0 Å². The summed E-state index contributed by atoms with van der Waals surface area (Å²) in [6.07, 6.45) is 5.87. The summed E-state index contributed by atoms with van der Waals surface area (Å²) >= 11 is 0. The first-order valence-electron chi connectivity index (χ1n) is 6.81. The van der Waals surface area contributed by atoms with Crippen LogP contribution in [0.3, 0.4) is 0 Å². The number of nitrogens with two attached hydrogens (primary N) is 1. The second-order valence-corrected chi connectivity index (χ2v) is 5.76. The largest absolute Gasteiger partial charge is 0.326 e. The van der Waals surface area contributed by atoms with Crippen molar-refractivity contribution >= 4 is 0 Å². The monoisotopic (exact) mass is 230 g/mol. The van der Waals surface area contributed by atoms with E-state index in [9.17, 15) is 0 Å². The Morgan fingerprint density at radius 3 is 2.29 bits per heavy atom. The molecule has 0 spiro atoms. The van der Waals surface area contributed by atoms with E-state index in [4.69, 9.17) is 5.73 Å². The number of nitrogens with one attached hydrogen (secondary N) is 1. The molecule has 0 aromatic heterocycles. The molecule has 0 atom stereocenters. The molecule has 2 aliphatic rings. The molecule has 0 radical (unpaired) electrons. The van der Waals surface area contributed by atoms with Crippen molar-refractivity contribution in [2.75, 3.05) is 6.54 Å². The minimum absolute atomic E-state index is 0.637. The SMILES string of the molecule is NCc1ccc(CNCC2(C3CC3)CC2)cc1. The second kappa shape index (κ2) is 4.43. The van der Waals surface area contributed by atoms with Crippen molar-refractivity contribution in [3.63, 3.8) is 0 Å². The van der Waals surface area contributed by atoms with Crippen LogP contribution in [0.15, 0.2) is 24.3 Å². The van der Waals surface area contributed by atoms with E-state index in [1.165, 1.54) is 43.4 Å². The maximum atomic E-state index is 5.59. The van der Waals surface area contributed by atoms with Crippen LogP contribution in [0.5, 0.6) is 0 Å². The fraction of sp³-hybridized carbons (Fsp3) is 0.600. The van der Waals surface area contributed by atoms with Crippen molar-refractivity contribution in [2.45, 2.75) is 38.8 Å². The Morgan fingerprint density at radius 1 is 1.12 bits per heavy atom. The Labute approximate surface area is 104 Å². The molecule has 2 nitrogen and oxygen atoms in total. The number of hydrogen-bond donors (Lipinski definition) is 2. The van der Waals surface area contributed by atoms with Gasteiger partial charge in [-0.15, -0.1) is 0 Å². The van der Waals surface area contributed by atoms with Gasteiger partial charge in [0.25, 0.3) is 0 Å². The second-order valence-electron chi connectivity index (χ2n) is 5.76. The van der Waals surface area contributed by atoms with Crippen molar-refractivity contribution < 1.29 is 0 Å². The smallest absolute Gasteiger partial charge is 0.0205 e. The Balaban J connectivity index is 1.47. The van der Waals surface area contributed by atoms with Gasteiger partial charge in [-0.25, -0.2) is 0 Å². The molecule has 0 bridgehead atoms. The summed E-state index contributed by atoms with van der Waals surface area (Å²) in [4.78, 5) is 0. The molecule has 0 heterocycles. The minimum atomic E-state index is 0.637. The molecule has 0 aliphatic heterocycles. The molecular weight excluding hydrogens is 208 g/mol. The first kappa shape index (κ1) is 11.2. The molecule has 0 amide bonds. The standard InChI is InChI=1S/C15H22N2/c16-9-12-1-3-13(4-2-12)10-17-11-15(7-8-15)14-5-6-14/h1-4,14,17H,5-11,16H2. The lowest BCUT2D eigenvalue weighted by atomic mass is 10.0. The Bertz CT molecular complexity index is 374. The van der Waals surface area contributed by atoms with E-state index in [1.54, 1.807) is 0 Å². The van der Waals surface area contributed by atoms with E-state index < -0.39 is 0 Å². The predicted octanol–water partition coefficient (Wildman–Crippen LogP) is 2.43. The highest BCUT2D eigenvalue weighted by Crippen LogP contribution is 2.60. The predicted molar refractivity (Wildman–Crippen MR) is 70.4 cm³/mol. The fourth-order valence-electron chi connectivity index (χ4n) is 2.83. The van der Waals surface area contributed by atoms with Crippen LogP contribution in [-0.4, -0.2) is 6.54 Å². The van der Waals surface area contributed by atoms with Crippen LogP contribution < -0.4 is 11.1 Å². The van der Waals surface area contributed by atoms with E-state index in [0.717, 1.165) is 12.5 Å². The zero-order valence-corrected chi connectivity index (χ0v) is 10.4. The Hall–Kier alpha value is -0.860. The van der Waals surface area contributed by atoms with Crippen LogP contribution in [0.4, 0.5) is 0 Å². The molecule has 3 N–H and O–H groups in total. The van der Waals surface area contributed by atoms with Crippen LogP contribution in [0.1, 0.15) is 36.8 Å². The zero-order chi connectivity index (χ0) is 11.7. The molecule has 0 unspecified atom stereocenters. The normalized spacial score (nSPS) is 21.5. The zero-order valence-electron chi connectivity index (χ0n) is 10.4. The quantitative estimate of drug-likeness (QED) is 0.787. The molecule has 1 aromatic rings. The minimum Gasteiger partial charge on any atom is -0.326 e. The first-order valence-corrected chi connectivity index (χ1v) is 6.81. The first-order chi connectivity index (χ1) is 8.32. The summed E-state index contributed by atoms with van der Waals surface area (Å²) in [5, 5.41) is 3.63. The van der Waals surface area contributed by atoms with Crippen LogP contribution in [-0.2, 0) is 13.1 Å². The average Bonchev–Trinajstić information content (AvgIpc) is 3.23. The lowest BCUT2D eigenvalue weighted by molar-refractivity contribution is 0.403. The van der Waals surface area contributed by atoms with Crippen molar-refractivity contribution in [2.24, 2.45) is 17.1 Å². The topological polar surface area (TPSA) is 38.0 Å².